The summed E-state index contributed by atoms with van der Waals surface area (Å²) in [5.41, 5.74) is 2.23. The Bertz CT molecular complexity index is 991. The first-order chi connectivity index (χ1) is 14.9. The Balaban J connectivity index is 2.22. The van der Waals surface area contributed by atoms with E-state index in [4.69, 9.17) is 9.47 Å². The summed E-state index contributed by atoms with van der Waals surface area (Å²) in [4.78, 5) is 12.5. The first kappa shape index (κ1) is 23.6. The van der Waals surface area contributed by atoms with Gasteiger partial charge in [-0.25, -0.2) is 0 Å². The second-order valence-electron chi connectivity index (χ2n) is 6.98. The van der Waals surface area contributed by atoms with Crippen LogP contribution in [0.25, 0.3) is 12.2 Å². The van der Waals surface area contributed by atoms with E-state index in [9.17, 15) is 15.0 Å². The zero-order valence-electron chi connectivity index (χ0n) is 18.3. The highest BCUT2D eigenvalue weighted by atomic mass is 16.5. The minimum absolute atomic E-state index is 0.0434. The zero-order valence-corrected chi connectivity index (χ0v) is 18.3. The van der Waals surface area contributed by atoms with E-state index in [1.165, 1.54) is 32.4 Å². The molecule has 2 aromatic carbocycles. The van der Waals surface area contributed by atoms with E-state index >= 15 is 0 Å². The van der Waals surface area contributed by atoms with Crippen molar-refractivity contribution in [3.8, 4) is 23.0 Å². The fraction of sp³-hybridized carbons (Fsp3) is 0.240. The van der Waals surface area contributed by atoms with Crippen molar-refractivity contribution in [3.05, 3.63) is 71.5 Å². The number of ketones is 1. The maximum absolute atomic E-state index is 12.5. The molecule has 0 amide bonds. The molecule has 0 spiro atoms. The van der Waals surface area contributed by atoms with Crippen LogP contribution in [-0.2, 0) is 4.79 Å². The molecule has 1 atom stereocenters. The van der Waals surface area contributed by atoms with Crippen LogP contribution in [0.2, 0.25) is 0 Å². The second kappa shape index (κ2) is 11.5. The van der Waals surface area contributed by atoms with Gasteiger partial charge in [0.05, 0.1) is 14.2 Å². The number of hydrogen-bond acceptors (Lipinski definition) is 6. The van der Waals surface area contributed by atoms with E-state index in [1.54, 1.807) is 36.4 Å². The molecule has 0 aliphatic rings. The van der Waals surface area contributed by atoms with Crippen LogP contribution >= 0.6 is 0 Å². The van der Waals surface area contributed by atoms with Crippen LogP contribution in [0.4, 0.5) is 0 Å². The smallest absolute Gasteiger partial charge is 0.180 e. The molecule has 3 N–H and O–H groups in total. The molecule has 0 aromatic heterocycles. The third-order valence-electron chi connectivity index (χ3n) is 4.63. The van der Waals surface area contributed by atoms with Gasteiger partial charge >= 0.3 is 0 Å². The first-order valence-electron chi connectivity index (χ1n) is 9.98. The summed E-state index contributed by atoms with van der Waals surface area (Å²) in [7, 11) is 2.96. The molecule has 0 saturated carbocycles. The summed E-state index contributed by atoms with van der Waals surface area (Å²) in [5, 5.41) is 22.7. The van der Waals surface area contributed by atoms with Crippen molar-refractivity contribution >= 4 is 17.9 Å². The Hall–Kier alpha value is -3.67. The van der Waals surface area contributed by atoms with Crippen LogP contribution in [0.3, 0.4) is 0 Å². The maximum Gasteiger partial charge on any atom is 0.180 e. The topological polar surface area (TPSA) is 88.0 Å². The normalized spacial score (nSPS) is 12.8. The predicted molar refractivity (Wildman–Crippen MR) is 123 cm³/mol. The number of aromatic hydroxyl groups is 2. The minimum atomic E-state index is -0.189. The van der Waals surface area contributed by atoms with Crippen molar-refractivity contribution in [3.63, 3.8) is 0 Å². The molecular weight excluding hydrogens is 394 g/mol. The van der Waals surface area contributed by atoms with Gasteiger partial charge in [-0.15, -0.1) is 0 Å². The quantitative estimate of drug-likeness (QED) is 0.380. The van der Waals surface area contributed by atoms with E-state index in [1.807, 2.05) is 19.1 Å². The number of rotatable bonds is 10. The average Bonchev–Trinajstić information content (AvgIpc) is 2.77. The Morgan fingerprint density at radius 3 is 1.97 bits per heavy atom. The highest BCUT2D eigenvalue weighted by molar-refractivity contribution is 6.02. The molecule has 0 aliphatic heterocycles. The van der Waals surface area contributed by atoms with E-state index in [2.05, 4.69) is 12.2 Å². The molecule has 6 nitrogen and oxygen atoms in total. The lowest BCUT2D eigenvalue weighted by molar-refractivity contribution is -0.110. The van der Waals surface area contributed by atoms with Crippen molar-refractivity contribution in [1.29, 1.82) is 0 Å². The Morgan fingerprint density at radius 2 is 1.48 bits per heavy atom. The van der Waals surface area contributed by atoms with Crippen molar-refractivity contribution in [2.75, 3.05) is 14.2 Å². The number of benzene rings is 2. The third-order valence-corrected chi connectivity index (χ3v) is 4.63. The number of carbonyl (C=O) groups excluding carboxylic acids is 1. The van der Waals surface area contributed by atoms with Gasteiger partial charge in [0.15, 0.2) is 28.8 Å². The molecule has 1 unspecified atom stereocenters. The highest BCUT2D eigenvalue weighted by Crippen LogP contribution is 2.27. The lowest BCUT2D eigenvalue weighted by Gasteiger charge is -2.13. The largest absolute Gasteiger partial charge is 0.504 e. The number of phenolic OH excluding ortho intramolecular Hbond substituents is 2. The molecule has 164 valence electrons. The van der Waals surface area contributed by atoms with Gasteiger partial charge in [-0.3, -0.25) is 4.79 Å². The number of phenols is 2. The van der Waals surface area contributed by atoms with Gasteiger partial charge in [0.1, 0.15) is 0 Å². The highest BCUT2D eigenvalue weighted by Gasteiger charge is 2.04. The second-order valence-corrected chi connectivity index (χ2v) is 6.98. The van der Waals surface area contributed by atoms with Crippen LogP contribution in [0.1, 0.15) is 31.4 Å². The Kier molecular flexibility index (Phi) is 8.76. The molecule has 2 rings (SSSR count). The van der Waals surface area contributed by atoms with Gasteiger partial charge in [0.25, 0.3) is 0 Å². The third kappa shape index (κ3) is 7.26. The average molecular weight is 424 g/mol. The van der Waals surface area contributed by atoms with Crippen LogP contribution < -0.4 is 14.8 Å². The van der Waals surface area contributed by atoms with Gasteiger partial charge < -0.3 is 25.0 Å². The molecule has 0 fully saturated rings. The fourth-order valence-corrected chi connectivity index (χ4v) is 2.69. The summed E-state index contributed by atoms with van der Waals surface area (Å²) in [5.74, 6) is 0.648. The van der Waals surface area contributed by atoms with Crippen LogP contribution in [-0.4, -0.2) is 36.3 Å². The Morgan fingerprint density at radius 1 is 0.968 bits per heavy atom. The number of hydrogen-bond donors (Lipinski definition) is 3. The van der Waals surface area contributed by atoms with Crippen LogP contribution in [0, 0.1) is 0 Å². The molecular formula is C25H29NO5. The Labute approximate surface area is 183 Å². The van der Waals surface area contributed by atoms with E-state index in [-0.39, 0.29) is 23.3 Å². The maximum atomic E-state index is 12.5. The summed E-state index contributed by atoms with van der Waals surface area (Å²) < 4.78 is 10.2. The van der Waals surface area contributed by atoms with Crippen LogP contribution in [0.5, 0.6) is 23.0 Å². The molecule has 2 aromatic rings. The lowest BCUT2D eigenvalue weighted by Crippen LogP contribution is -2.24. The molecule has 0 heterocycles. The predicted octanol–water partition coefficient (Wildman–Crippen LogP) is 4.68. The monoisotopic (exact) mass is 423 g/mol. The summed E-state index contributed by atoms with van der Waals surface area (Å²) in [6, 6.07) is 10.1. The minimum Gasteiger partial charge on any atom is -0.504 e. The van der Waals surface area contributed by atoms with Crippen molar-refractivity contribution < 1.29 is 24.5 Å². The lowest BCUT2D eigenvalue weighted by atomic mass is 10.1. The van der Waals surface area contributed by atoms with Gasteiger partial charge in [0, 0.05) is 17.8 Å². The number of nitrogens with one attached hydrogen (secondary N) is 1. The summed E-state index contributed by atoms with van der Waals surface area (Å²) in [6.45, 7) is 4.10. The SMILES string of the molecule is CCC(C)NC(=C\C(=O)/C=C/c1ccc(O)c(OC)c1)/C=C/c1ccc(O)c(OC)c1. The fourth-order valence-electron chi connectivity index (χ4n) is 2.69. The molecule has 0 saturated heterocycles. The van der Waals surface area contributed by atoms with E-state index < -0.39 is 0 Å². The number of allylic oxidation sites excluding steroid dienone is 3. The molecule has 0 bridgehead atoms. The van der Waals surface area contributed by atoms with E-state index in [0.29, 0.717) is 17.2 Å². The molecule has 31 heavy (non-hydrogen) atoms. The summed E-state index contributed by atoms with van der Waals surface area (Å²) in [6.07, 6.45) is 9.19. The molecule has 0 radical (unpaired) electrons. The summed E-state index contributed by atoms with van der Waals surface area (Å²) >= 11 is 0. The van der Waals surface area contributed by atoms with Gasteiger partial charge in [0.2, 0.25) is 0 Å². The van der Waals surface area contributed by atoms with E-state index in [0.717, 1.165) is 17.5 Å². The van der Waals surface area contributed by atoms with Gasteiger partial charge in [-0.1, -0.05) is 31.2 Å². The molecule has 6 heteroatoms. The van der Waals surface area contributed by atoms with Crippen molar-refractivity contribution in [2.24, 2.45) is 0 Å². The molecule has 0 aliphatic carbocycles. The first-order valence-corrected chi connectivity index (χ1v) is 9.98. The van der Waals surface area contributed by atoms with Gasteiger partial charge in [-0.2, -0.15) is 0 Å². The number of ether oxygens (including phenoxy) is 2. The zero-order chi connectivity index (χ0) is 22.8. The standard InChI is InChI=1S/C25H29NO5/c1-5-17(2)26-20(10-6-18-8-12-22(28)24(14-18)30-3)16-21(27)11-7-19-9-13-23(29)25(15-19)31-4/h6-17,26,28-29H,5H2,1-4H3/b10-6+,11-7+,20-16-. The number of carbonyl (C=O) groups is 1. The number of methoxy groups -OCH3 is 2. The van der Waals surface area contributed by atoms with Crippen molar-refractivity contribution in [1.82, 2.24) is 5.32 Å². The van der Waals surface area contributed by atoms with Crippen LogP contribution in [0.15, 0.2) is 60.3 Å². The van der Waals surface area contributed by atoms with Crippen molar-refractivity contribution in [2.45, 2.75) is 26.3 Å². The van der Waals surface area contributed by atoms with Gasteiger partial charge in [-0.05, 0) is 60.9 Å².